The van der Waals surface area contributed by atoms with Crippen molar-refractivity contribution in [1.82, 2.24) is 0 Å². The third-order valence-electron chi connectivity index (χ3n) is 5.10. The van der Waals surface area contributed by atoms with Gasteiger partial charge in [0.05, 0.1) is 32.9 Å². The molecule has 0 aliphatic carbocycles. The van der Waals surface area contributed by atoms with E-state index in [4.69, 9.17) is 14.2 Å². The molecule has 0 saturated heterocycles. The van der Waals surface area contributed by atoms with Gasteiger partial charge in [0.1, 0.15) is 24.7 Å². The Morgan fingerprint density at radius 3 is 1.78 bits per heavy atom. The van der Waals surface area contributed by atoms with Gasteiger partial charge in [-0.15, -0.1) is 0 Å². The molecule has 0 aromatic carbocycles. The first-order valence-corrected chi connectivity index (χ1v) is 15.5. The smallest absolute Gasteiger partial charge is 0.210 e. The fourth-order valence-corrected chi connectivity index (χ4v) is 5.94. The molecule has 0 N–H and O–H groups in total. The fourth-order valence-electron chi connectivity index (χ4n) is 3.36. The van der Waals surface area contributed by atoms with Crippen molar-refractivity contribution in [2.75, 3.05) is 56.7 Å². The second-order valence-corrected chi connectivity index (χ2v) is 11.0. The quantitative estimate of drug-likeness (QED) is 0.262. The standard InChI is InChI=1S/C16H26N4O2S2.C8H14N2OS/c1-5-21-15-8-17-12(4)13(20-15)9-23-24-10-14-16(22-6-2)18-7-11(3)19-14;1-3-11-8-7(5-12)10-6(2)4-9-8/h13-14H,5-10H2,1-4H3;7,12H,3-5H2,1-2H3/t13-,14+;7-/m10/s1. The molecule has 0 unspecified atom stereocenters. The molecular formula is C24H40N6O3S3. The predicted octanol–water partition coefficient (Wildman–Crippen LogP) is 4.12. The van der Waals surface area contributed by atoms with Crippen LogP contribution in [0.2, 0.25) is 0 Å². The Hall–Kier alpha value is -1.53. The van der Waals surface area contributed by atoms with Crippen LogP contribution in [0.15, 0.2) is 30.0 Å². The highest BCUT2D eigenvalue weighted by Gasteiger charge is 2.22. The number of ether oxygens (including phenoxy) is 3. The van der Waals surface area contributed by atoms with Crippen LogP contribution in [0.3, 0.4) is 0 Å². The van der Waals surface area contributed by atoms with Gasteiger partial charge in [-0.05, 0) is 41.5 Å². The normalized spacial score (nSPS) is 23.6. The van der Waals surface area contributed by atoms with Crippen LogP contribution in [0.4, 0.5) is 0 Å². The van der Waals surface area contributed by atoms with Gasteiger partial charge in [0, 0.05) is 34.4 Å². The van der Waals surface area contributed by atoms with Gasteiger partial charge in [-0.2, -0.15) is 12.6 Å². The van der Waals surface area contributed by atoms with Crippen molar-refractivity contribution in [3.05, 3.63) is 0 Å². The van der Waals surface area contributed by atoms with Crippen LogP contribution in [-0.4, -0.2) is 110 Å². The second-order valence-electron chi connectivity index (χ2n) is 8.12. The summed E-state index contributed by atoms with van der Waals surface area (Å²) in [7, 11) is 3.58. The Kier molecular flexibility index (Phi) is 14.6. The zero-order chi connectivity index (χ0) is 26.3. The summed E-state index contributed by atoms with van der Waals surface area (Å²) < 4.78 is 16.4. The zero-order valence-corrected chi connectivity index (χ0v) is 24.8. The van der Waals surface area contributed by atoms with E-state index in [2.05, 4.69) is 42.6 Å². The second kappa shape index (κ2) is 17.1. The van der Waals surface area contributed by atoms with Gasteiger partial charge >= 0.3 is 0 Å². The molecule has 0 fully saturated rings. The first-order valence-electron chi connectivity index (χ1n) is 12.4. The van der Waals surface area contributed by atoms with Crippen molar-refractivity contribution in [2.24, 2.45) is 30.0 Å². The van der Waals surface area contributed by atoms with Gasteiger partial charge in [0.25, 0.3) is 0 Å². The highest BCUT2D eigenvalue weighted by atomic mass is 33.1. The van der Waals surface area contributed by atoms with E-state index in [0.717, 1.165) is 46.3 Å². The predicted molar refractivity (Wildman–Crippen MR) is 161 cm³/mol. The summed E-state index contributed by atoms with van der Waals surface area (Å²) in [5.41, 5.74) is 3.20. The molecule has 0 aromatic rings. The minimum Gasteiger partial charge on any atom is -0.480 e. The van der Waals surface area contributed by atoms with E-state index in [0.29, 0.717) is 45.2 Å². The van der Waals surface area contributed by atoms with Crippen LogP contribution in [-0.2, 0) is 14.2 Å². The average Bonchev–Trinajstić information content (AvgIpc) is 2.87. The van der Waals surface area contributed by atoms with Crippen LogP contribution in [0, 0.1) is 0 Å². The van der Waals surface area contributed by atoms with E-state index >= 15 is 0 Å². The summed E-state index contributed by atoms with van der Waals surface area (Å²) in [6.07, 6.45) is 0. The summed E-state index contributed by atoms with van der Waals surface area (Å²) in [6, 6.07) is 0.163. The molecule has 0 saturated carbocycles. The van der Waals surface area contributed by atoms with Crippen molar-refractivity contribution in [3.8, 4) is 0 Å². The van der Waals surface area contributed by atoms with E-state index in [-0.39, 0.29) is 18.1 Å². The summed E-state index contributed by atoms with van der Waals surface area (Å²) >= 11 is 4.19. The minimum atomic E-state index is 0.0276. The molecule has 0 radical (unpaired) electrons. The third-order valence-corrected chi connectivity index (χ3v) is 7.83. The third kappa shape index (κ3) is 10.5. The van der Waals surface area contributed by atoms with Crippen LogP contribution in [0.5, 0.6) is 0 Å². The molecule has 0 bridgehead atoms. The molecule has 3 aliphatic rings. The van der Waals surface area contributed by atoms with Crippen LogP contribution in [0.25, 0.3) is 0 Å². The molecule has 0 spiro atoms. The summed E-state index contributed by atoms with van der Waals surface area (Å²) in [5.74, 6) is 4.65. The van der Waals surface area contributed by atoms with Gasteiger partial charge in [0.2, 0.25) is 17.7 Å². The first-order chi connectivity index (χ1) is 17.4. The maximum absolute atomic E-state index is 5.61. The Labute approximate surface area is 229 Å². The topological polar surface area (TPSA) is 102 Å². The number of hydrogen-bond donors (Lipinski definition) is 1. The Balaban J connectivity index is 0.000000319. The molecule has 3 atom stereocenters. The molecule has 0 aromatic heterocycles. The maximum Gasteiger partial charge on any atom is 0.210 e. The van der Waals surface area contributed by atoms with Crippen molar-refractivity contribution >= 4 is 69.0 Å². The molecule has 9 nitrogen and oxygen atoms in total. The largest absolute Gasteiger partial charge is 0.480 e. The molecular weight excluding hydrogens is 517 g/mol. The van der Waals surface area contributed by atoms with E-state index in [1.54, 1.807) is 21.6 Å². The lowest BCUT2D eigenvalue weighted by atomic mass is 10.2. The summed E-state index contributed by atoms with van der Waals surface area (Å²) in [6.45, 7) is 15.7. The Bertz CT molecular complexity index is 888. The molecule has 202 valence electrons. The first kappa shape index (κ1) is 30.7. The molecule has 3 rings (SSSR count). The molecule has 36 heavy (non-hydrogen) atoms. The van der Waals surface area contributed by atoms with Gasteiger partial charge in [0.15, 0.2) is 0 Å². The molecule has 12 heteroatoms. The number of thiol groups is 1. The van der Waals surface area contributed by atoms with Crippen molar-refractivity contribution < 1.29 is 14.2 Å². The summed E-state index contributed by atoms with van der Waals surface area (Å²) in [4.78, 5) is 27.0. The van der Waals surface area contributed by atoms with Gasteiger partial charge in [-0.3, -0.25) is 15.0 Å². The van der Waals surface area contributed by atoms with Crippen molar-refractivity contribution in [1.29, 1.82) is 0 Å². The SMILES string of the molecule is CCOC1=NCC(C)=N[C@H]1CS.CCOC1=N[C@H](CSSC[C@@H]2N=C(C)CN=C2OCC)C(C)=NC1. The highest BCUT2D eigenvalue weighted by Crippen LogP contribution is 2.27. The molecule has 3 aliphatic heterocycles. The van der Waals surface area contributed by atoms with E-state index < -0.39 is 0 Å². The minimum absolute atomic E-state index is 0.0276. The van der Waals surface area contributed by atoms with Crippen molar-refractivity contribution in [2.45, 2.75) is 59.7 Å². The fraction of sp³-hybridized carbons (Fsp3) is 0.750. The maximum atomic E-state index is 5.61. The molecule has 0 amide bonds. The monoisotopic (exact) mass is 556 g/mol. The van der Waals surface area contributed by atoms with Gasteiger partial charge < -0.3 is 14.2 Å². The number of hydrogen-bond acceptors (Lipinski definition) is 12. The average molecular weight is 557 g/mol. The van der Waals surface area contributed by atoms with Crippen LogP contribution < -0.4 is 0 Å². The van der Waals surface area contributed by atoms with E-state index in [1.165, 1.54) is 0 Å². The Morgan fingerprint density at radius 1 is 0.694 bits per heavy atom. The number of aliphatic imine (C=N–C) groups is 6. The lowest BCUT2D eigenvalue weighted by Crippen LogP contribution is -2.30. The van der Waals surface area contributed by atoms with Crippen LogP contribution in [0.1, 0.15) is 41.5 Å². The summed E-state index contributed by atoms with van der Waals surface area (Å²) in [5, 5.41) is 0. The lowest BCUT2D eigenvalue weighted by Gasteiger charge is -2.21. The molecule has 3 heterocycles. The number of nitrogens with zero attached hydrogens (tertiary/aromatic N) is 6. The van der Waals surface area contributed by atoms with Gasteiger partial charge in [-0.25, -0.2) is 15.0 Å². The van der Waals surface area contributed by atoms with Crippen molar-refractivity contribution in [3.63, 3.8) is 0 Å². The number of rotatable bonds is 9. The highest BCUT2D eigenvalue weighted by molar-refractivity contribution is 8.76. The van der Waals surface area contributed by atoms with Gasteiger partial charge in [-0.1, -0.05) is 21.6 Å². The lowest BCUT2D eigenvalue weighted by molar-refractivity contribution is 0.311. The Morgan fingerprint density at radius 2 is 1.22 bits per heavy atom. The zero-order valence-electron chi connectivity index (χ0n) is 22.3. The van der Waals surface area contributed by atoms with E-state index in [9.17, 15) is 0 Å². The van der Waals surface area contributed by atoms with Crippen LogP contribution >= 0.6 is 34.2 Å². The van der Waals surface area contributed by atoms with E-state index in [1.807, 2.05) is 41.5 Å².